The van der Waals surface area contributed by atoms with Crippen LogP contribution < -0.4 is 5.73 Å². The number of nitrogens with two attached hydrogens (primary N) is 1. The van der Waals surface area contributed by atoms with E-state index >= 15 is 0 Å². The summed E-state index contributed by atoms with van der Waals surface area (Å²) in [6.45, 7) is 2.97. The van der Waals surface area contributed by atoms with Crippen LogP contribution >= 0.6 is 0 Å². The first kappa shape index (κ1) is 12.1. The number of carbonyl (C=O) groups is 1. The van der Waals surface area contributed by atoms with E-state index in [-0.39, 0.29) is 12.3 Å². The molecule has 1 aromatic rings. The normalized spacial score (nSPS) is 15.8. The van der Waals surface area contributed by atoms with Crippen LogP contribution in [0.2, 0.25) is 0 Å². The minimum absolute atomic E-state index is 0.201. The van der Waals surface area contributed by atoms with E-state index in [4.69, 9.17) is 5.73 Å². The van der Waals surface area contributed by atoms with Crippen LogP contribution in [0, 0.1) is 5.92 Å². The van der Waals surface area contributed by atoms with Gasteiger partial charge in [0.15, 0.2) is 0 Å². The van der Waals surface area contributed by atoms with Gasteiger partial charge in [0, 0.05) is 6.54 Å². The Balaban J connectivity index is 2.00. The Labute approximate surface area is 101 Å². The summed E-state index contributed by atoms with van der Waals surface area (Å²) in [5.74, 6) is 0.522. The van der Waals surface area contributed by atoms with Crippen molar-refractivity contribution in [2.75, 3.05) is 0 Å². The molecule has 0 bridgehead atoms. The highest BCUT2D eigenvalue weighted by molar-refractivity contribution is 5.76. The van der Waals surface area contributed by atoms with Crippen molar-refractivity contribution in [1.29, 1.82) is 0 Å². The highest BCUT2D eigenvalue weighted by atomic mass is 16.1. The number of primary amides is 1. The summed E-state index contributed by atoms with van der Waals surface area (Å²) >= 11 is 0. The van der Waals surface area contributed by atoms with Crippen LogP contribution in [0.3, 0.4) is 0 Å². The van der Waals surface area contributed by atoms with E-state index in [9.17, 15) is 4.79 Å². The Morgan fingerprint density at radius 2 is 2.29 bits per heavy atom. The predicted octanol–water partition coefficient (Wildman–Crippen LogP) is 1.06. The lowest BCUT2D eigenvalue weighted by Gasteiger charge is -2.25. The molecule has 94 valence electrons. The second-order valence-corrected chi connectivity index (χ2v) is 4.79. The van der Waals surface area contributed by atoms with Crippen molar-refractivity contribution >= 4 is 5.91 Å². The fourth-order valence-corrected chi connectivity index (χ4v) is 2.32. The van der Waals surface area contributed by atoms with Crippen molar-refractivity contribution in [3.05, 3.63) is 11.4 Å². The molecule has 0 aliphatic heterocycles. The lowest BCUT2D eigenvalue weighted by Crippen LogP contribution is -2.17. The summed E-state index contributed by atoms with van der Waals surface area (Å²) in [6.07, 6.45) is 6.30. The second-order valence-electron chi connectivity index (χ2n) is 4.79. The zero-order valence-electron chi connectivity index (χ0n) is 10.4. The first-order valence-electron chi connectivity index (χ1n) is 6.40. The fourth-order valence-electron chi connectivity index (χ4n) is 2.32. The maximum Gasteiger partial charge on any atom is 0.223 e. The molecule has 1 amide bonds. The molecule has 5 nitrogen and oxygen atoms in total. The van der Waals surface area contributed by atoms with Crippen molar-refractivity contribution < 1.29 is 4.79 Å². The molecule has 1 aliphatic carbocycles. The molecule has 0 atom stereocenters. The average molecular weight is 236 g/mol. The highest BCUT2D eigenvalue weighted by Crippen LogP contribution is 2.29. The quantitative estimate of drug-likeness (QED) is 0.802. The van der Waals surface area contributed by atoms with Crippen LogP contribution in [0.5, 0.6) is 0 Å². The van der Waals surface area contributed by atoms with E-state index in [0.717, 1.165) is 30.3 Å². The summed E-state index contributed by atoms with van der Waals surface area (Å²) in [7, 11) is 0. The van der Waals surface area contributed by atoms with Crippen LogP contribution in [0.1, 0.15) is 44.0 Å². The molecule has 0 spiro atoms. The molecule has 5 heteroatoms. The zero-order chi connectivity index (χ0) is 12.3. The lowest BCUT2D eigenvalue weighted by molar-refractivity contribution is -0.117. The molecule has 1 aliphatic rings. The minimum Gasteiger partial charge on any atom is -0.369 e. The maximum atomic E-state index is 10.9. The Hall–Kier alpha value is -1.39. The van der Waals surface area contributed by atoms with Crippen molar-refractivity contribution in [2.24, 2.45) is 11.7 Å². The monoisotopic (exact) mass is 236 g/mol. The Bertz CT molecular complexity index is 395. The van der Waals surface area contributed by atoms with Gasteiger partial charge in [-0.2, -0.15) is 0 Å². The summed E-state index contributed by atoms with van der Waals surface area (Å²) in [5.41, 5.74) is 7.00. The molecule has 1 saturated carbocycles. The van der Waals surface area contributed by atoms with Gasteiger partial charge in [0.1, 0.15) is 0 Å². The molecule has 1 heterocycles. The van der Waals surface area contributed by atoms with Crippen molar-refractivity contribution in [1.82, 2.24) is 15.0 Å². The molecule has 1 aromatic heterocycles. The first-order valence-corrected chi connectivity index (χ1v) is 6.40. The molecule has 0 unspecified atom stereocenters. The standard InChI is InChI=1S/C12H20N4O/c1-2-11-10(8-12(13)17)14-15-16(11)7-6-9-4-3-5-9/h9H,2-8H2,1H3,(H2,13,17). The smallest absolute Gasteiger partial charge is 0.223 e. The molecule has 0 radical (unpaired) electrons. The van der Waals surface area contributed by atoms with Gasteiger partial charge in [-0.15, -0.1) is 5.10 Å². The van der Waals surface area contributed by atoms with Gasteiger partial charge in [-0.05, 0) is 18.8 Å². The van der Waals surface area contributed by atoms with Crippen molar-refractivity contribution in [3.63, 3.8) is 0 Å². The van der Waals surface area contributed by atoms with Crippen LogP contribution in [0.4, 0.5) is 0 Å². The topological polar surface area (TPSA) is 73.8 Å². The van der Waals surface area contributed by atoms with Crippen LogP contribution in [-0.2, 0) is 24.2 Å². The Morgan fingerprint density at radius 1 is 1.53 bits per heavy atom. The molecule has 2 rings (SSSR count). The van der Waals surface area contributed by atoms with Gasteiger partial charge in [-0.1, -0.05) is 31.4 Å². The molecular weight excluding hydrogens is 216 g/mol. The van der Waals surface area contributed by atoms with E-state index in [2.05, 4.69) is 17.2 Å². The number of carbonyl (C=O) groups excluding carboxylic acids is 1. The van der Waals surface area contributed by atoms with E-state index in [0.29, 0.717) is 0 Å². The maximum absolute atomic E-state index is 10.9. The first-order chi connectivity index (χ1) is 8.20. The van der Waals surface area contributed by atoms with Crippen molar-refractivity contribution in [3.8, 4) is 0 Å². The molecule has 2 N–H and O–H groups in total. The number of aromatic nitrogens is 3. The SMILES string of the molecule is CCc1c(CC(N)=O)nnn1CCC1CCC1. The number of amides is 1. The van der Waals surface area contributed by atoms with Gasteiger partial charge in [0.05, 0.1) is 17.8 Å². The minimum atomic E-state index is -0.342. The lowest BCUT2D eigenvalue weighted by atomic mass is 9.83. The summed E-state index contributed by atoms with van der Waals surface area (Å²) in [6, 6.07) is 0. The van der Waals surface area contributed by atoms with E-state index < -0.39 is 0 Å². The number of aryl methyl sites for hydroxylation is 1. The molecule has 0 saturated heterocycles. The van der Waals surface area contributed by atoms with Crippen LogP contribution in [-0.4, -0.2) is 20.9 Å². The van der Waals surface area contributed by atoms with Crippen LogP contribution in [0.15, 0.2) is 0 Å². The van der Waals surface area contributed by atoms with E-state index in [1.165, 1.54) is 25.7 Å². The summed E-state index contributed by atoms with van der Waals surface area (Å²) < 4.78 is 1.94. The van der Waals surface area contributed by atoms with E-state index in [1.54, 1.807) is 0 Å². The number of nitrogens with zero attached hydrogens (tertiary/aromatic N) is 3. The largest absolute Gasteiger partial charge is 0.369 e. The third-order valence-corrected chi connectivity index (χ3v) is 3.57. The van der Waals surface area contributed by atoms with Gasteiger partial charge in [0.2, 0.25) is 5.91 Å². The summed E-state index contributed by atoms with van der Waals surface area (Å²) in [4.78, 5) is 10.9. The van der Waals surface area contributed by atoms with Crippen LogP contribution in [0.25, 0.3) is 0 Å². The van der Waals surface area contributed by atoms with E-state index in [1.807, 2.05) is 4.68 Å². The second kappa shape index (κ2) is 5.29. The van der Waals surface area contributed by atoms with Gasteiger partial charge in [0.25, 0.3) is 0 Å². The summed E-state index contributed by atoms with van der Waals surface area (Å²) in [5, 5.41) is 8.19. The average Bonchev–Trinajstić information content (AvgIpc) is 2.57. The van der Waals surface area contributed by atoms with Crippen molar-refractivity contribution in [2.45, 2.75) is 52.0 Å². The molecule has 1 fully saturated rings. The zero-order valence-corrected chi connectivity index (χ0v) is 10.4. The molecule has 0 aromatic carbocycles. The van der Waals surface area contributed by atoms with Gasteiger partial charge >= 0.3 is 0 Å². The highest BCUT2D eigenvalue weighted by Gasteiger charge is 2.19. The fraction of sp³-hybridized carbons (Fsp3) is 0.750. The molecular formula is C12H20N4O. The predicted molar refractivity (Wildman–Crippen MR) is 64.3 cm³/mol. The number of rotatable bonds is 6. The number of hydrogen-bond acceptors (Lipinski definition) is 3. The van der Waals surface area contributed by atoms with Gasteiger partial charge in [-0.3, -0.25) is 4.79 Å². The Morgan fingerprint density at radius 3 is 2.82 bits per heavy atom. The third kappa shape index (κ3) is 2.84. The number of hydrogen-bond donors (Lipinski definition) is 1. The van der Waals surface area contributed by atoms with Gasteiger partial charge in [-0.25, -0.2) is 4.68 Å². The molecule has 17 heavy (non-hydrogen) atoms. The third-order valence-electron chi connectivity index (χ3n) is 3.57. The Kier molecular flexibility index (Phi) is 3.76. The van der Waals surface area contributed by atoms with Gasteiger partial charge < -0.3 is 5.73 Å².